The number of thiol groups is 1. The minimum atomic E-state index is -2.42. The van der Waals surface area contributed by atoms with Crippen molar-refractivity contribution in [3.05, 3.63) is 65.5 Å². The van der Waals surface area contributed by atoms with Crippen molar-refractivity contribution < 1.29 is 12.8 Å². The van der Waals surface area contributed by atoms with Crippen LogP contribution in [0, 0.1) is 5.82 Å². The number of anilines is 1. The molecule has 22 heavy (non-hydrogen) atoms. The van der Waals surface area contributed by atoms with E-state index < -0.39 is 10.7 Å². The standard InChI is InChI=1S/C16H15FN2O2S/c17-14-5-7-15(8-6-14)19-16(9-10-18-19)13-3-1-12(2-4-13)11-22(20)21/h1-8,10,16,22H,9,11H2. The normalized spacial score (nSPS) is 17.4. The third-order valence-electron chi connectivity index (χ3n) is 3.60. The third-order valence-corrected chi connectivity index (χ3v) is 4.22. The number of nitrogens with zero attached hydrogens (tertiary/aromatic N) is 2. The molecule has 4 nitrogen and oxygen atoms in total. The molecule has 0 radical (unpaired) electrons. The lowest BCUT2D eigenvalue weighted by Gasteiger charge is -2.24. The van der Waals surface area contributed by atoms with E-state index in [4.69, 9.17) is 0 Å². The lowest BCUT2D eigenvalue weighted by Crippen LogP contribution is -2.18. The first kappa shape index (κ1) is 14.7. The van der Waals surface area contributed by atoms with Crippen LogP contribution >= 0.6 is 0 Å². The average Bonchev–Trinajstić information content (AvgIpc) is 2.97. The molecule has 1 unspecified atom stereocenters. The molecule has 1 atom stereocenters. The Morgan fingerprint density at radius 1 is 1.09 bits per heavy atom. The lowest BCUT2D eigenvalue weighted by atomic mass is 10.0. The molecular formula is C16H15FN2O2S. The van der Waals surface area contributed by atoms with E-state index in [-0.39, 0.29) is 17.6 Å². The number of halogens is 1. The van der Waals surface area contributed by atoms with Crippen molar-refractivity contribution in [1.29, 1.82) is 0 Å². The van der Waals surface area contributed by atoms with Gasteiger partial charge in [0, 0.05) is 12.6 Å². The van der Waals surface area contributed by atoms with E-state index in [2.05, 4.69) is 5.10 Å². The quantitative estimate of drug-likeness (QED) is 0.882. The molecule has 0 saturated heterocycles. The van der Waals surface area contributed by atoms with Crippen molar-refractivity contribution in [2.45, 2.75) is 18.2 Å². The molecule has 0 aromatic heterocycles. The largest absolute Gasteiger partial charge is 0.258 e. The Morgan fingerprint density at radius 2 is 1.77 bits per heavy atom. The maximum absolute atomic E-state index is 13.0. The van der Waals surface area contributed by atoms with E-state index in [1.807, 2.05) is 35.5 Å². The Hall–Kier alpha value is -2.21. The summed E-state index contributed by atoms with van der Waals surface area (Å²) >= 11 is 0. The Bertz CT molecular complexity index is 747. The average molecular weight is 318 g/mol. The van der Waals surface area contributed by atoms with E-state index in [1.54, 1.807) is 12.1 Å². The highest BCUT2D eigenvalue weighted by atomic mass is 32.2. The van der Waals surface area contributed by atoms with Gasteiger partial charge in [0.2, 0.25) is 0 Å². The Balaban J connectivity index is 1.83. The molecule has 2 aromatic rings. The second-order valence-electron chi connectivity index (χ2n) is 5.10. The smallest absolute Gasteiger partial charge is 0.144 e. The first-order valence-corrected chi connectivity index (χ1v) is 8.27. The molecule has 0 N–H and O–H groups in total. The van der Waals surface area contributed by atoms with Gasteiger partial charge in [0.1, 0.15) is 16.5 Å². The zero-order chi connectivity index (χ0) is 15.5. The minimum Gasteiger partial charge on any atom is -0.258 e. The zero-order valence-electron chi connectivity index (χ0n) is 11.7. The van der Waals surface area contributed by atoms with Crippen molar-refractivity contribution in [3.63, 3.8) is 0 Å². The van der Waals surface area contributed by atoms with Gasteiger partial charge in [-0.15, -0.1) is 0 Å². The summed E-state index contributed by atoms with van der Waals surface area (Å²) in [5.74, 6) is -0.224. The van der Waals surface area contributed by atoms with Gasteiger partial charge in [0.25, 0.3) is 0 Å². The molecular weight excluding hydrogens is 303 g/mol. The summed E-state index contributed by atoms with van der Waals surface area (Å²) < 4.78 is 34.5. The van der Waals surface area contributed by atoms with E-state index in [9.17, 15) is 12.8 Å². The Kier molecular flexibility index (Phi) is 4.20. The van der Waals surface area contributed by atoms with Crippen molar-refractivity contribution >= 4 is 22.6 Å². The van der Waals surface area contributed by atoms with Crippen LogP contribution in [0.1, 0.15) is 23.6 Å². The van der Waals surface area contributed by atoms with Gasteiger partial charge in [0.05, 0.1) is 17.5 Å². The van der Waals surface area contributed by atoms with Gasteiger partial charge in [-0.2, -0.15) is 5.10 Å². The molecule has 3 rings (SSSR count). The molecule has 0 bridgehead atoms. The molecule has 0 spiro atoms. The predicted octanol–water partition coefficient (Wildman–Crippen LogP) is 2.87. The van der Waals surface area contributed by atoms with Crippen LogP contribution in [0.4, 0.5) is 10.1 Å². The topological polar surface area (TPSA) is 49.7 Å². The van der Waals surface area contributed by atoms with Crippen molar-refractivity contribution in [2.75, 3.05) is 5.01 Å². The first-order valence-electron chi connectivity index (χ1n) is 6.91. The van der Waals surface area contributed by atoms with Gasteiger partial charge in [-0.25, -0.2) is 12.8 Å². The summed E-state index contributed by atoms with van der Waals surface area (Å²) in [5, 5.41) is 6.20. The number of rotatable bonds is 4. The molecule has 0 fully saturated rings. The maximum Gasteiger partial charge on any atom is 0.144 e. The second-order valence-corrected chi connectivity index (χ2v) is 6.08. The second kappa shape index (κ2) is 6.27. The summed E-state index contributed by atoms with van der Waals surface area (Å²) in [7, 11) is -2.42. The summed E-state index contributed by atoms with van der Waals surface area (Å²) in [6, 6.07) is 13.7. The SMILES string of the molecule is O=[SH](=O)Cc1ccc(C2CC=NN2c2ccc(F)cc2)cc1. The molecule has 1 aliphatic rings. The van der Waals surface area contributed by atoms with Gasteiger partial charge >= 0.3 is 0 Å². The highest BCUT2D eigenvalue weighted by molar-refractivity contribution is 7.71. The van der Waals surface area contributed by atoms with Crippen LogP contribution in [0.25, 0.3) is 0 Å². The van der Waals surface area contributed by atoms with Gasteiger partial charge in [-0.05, 0) is 35.4 Å². The van der Waals surface area contributed by atoms with Crippen LogP contribution in [0.2, 0.25) is 0 Å². The first-order chi connectivity index (χ1) is 10.6. The van der Waals surface area contributed by atoms with E-state index in [0.717, 1.165) is 23.2 Å². The number of hydrazone groups is 1. The summed E-state index contributed by atoms with van der Waals surface area (Å²) in [6.07, 6.45) is 2.59. The highest BCUT2D eigenvalue weighted by Crippen LogP contribution is 2.33. The van der Waals surface area contributed by atoms with Crippen LogP contribution in [0.15, 0.2) is 53.6 Å². The van der Waals surface area contributed by atoms with E-state index in [0.29, 0.717) is 0 Å². The predicted molar refractivity (Wildman–Crippen MR) is 85.2 cm³/mol. The zero-order valence-corrected chi connectivity index (χ0v) is 12.6. The Morgan fingerprint density at radius 3 is 2.41 bits per heavy atom. The van der Waals surface area contributed by atoms with Gasteiger partial charge in [-0.3, -0.25) is 5.01 Å². The molecule has 114 valence electrons. The van der Waals surface area contributed by atoms with Crippen LogP contribution in [-0.4, -0.2) is 14.6 Å². The molecule has 2 aromatic carbocycles. The fraction of sp³-hybridized carbons (Fsp3) is 0.188. The Labute approximate surface area is 129 Å². The van der Waals surface area contributed by atoms with Crippen molar-refractivity contribution in [1.82, 2.24) is 0 Å². The third kappa shape index (κ3) is 3.17. The van der Waals surface area contributed by atoms with Crippen molar-refractivity contribution in [3.8, 4) is 0 Å². The molecule has 1 aliphatic heterocycles. The van der Waals surface area contributed by atoms with Crippen LogP contribution in [0.3, 0.4) is 0 Å². The maximum atomic E-state index is 13.0. The fourth-order valence-electron chi connectivity index (χ4n) is 2.53. The monoisotopic (exact) mass is 318 g/mol. The highest BCUT2D eigenvalue weighted by Gasteiger charge is 2.23. The van der Waals surface area contributed by atoms with Gasteiger partial charge in [-0.1, -0.05) is 24.3 Å². The fourth-order valence-corrected chi connectivity index (χ4v) is 3.04. The van der Waals surface area contributed by atoms with Crippen molar-refractivity contribution in [2.24, 2.45) is 5.10 Å². The molecule has 0 aliphatic carbocycles. The molecule has 0 amide bonds. The van der Waals surface area contributed by atoms with E-state index >= 15 is 0 Å². The summed E-state index contributed by atoms with van der Waals surface area (Å²) in [6.45, 7) is 0. The summed E-state index contributed by atoms with van der Waals surface area (Å²) in [4.78, 5) is 0. The van der Waals surface area contributed by atoms with Crippen LogP contribution < -0.4 is 5.01 Å². The van der Waals surface area contributed by atoms with Gasteiger partial charge < -0.3 is 0 Å². The molecule has 1 heterocycles. The number of hydrogen-bond acceptors (Lipinski definition) is 4. The number of hydrogen-bond donors (Lipinski definition) is 1. The number of benzene rings is 2. The van der Waals surface area contributed by atoms with Crippen LogP contribution in [-0.2, 0) is 16.5 Å². The summed E-state index contributed by atoms with van der Waals surface area (Å²) in [5.41, 5.74) is 2.64. The molecule has 0 saturated carbocycles. The molecule has 6 heteroatoms. The van der Waals surface area contributed by atoms with E-state index in [1.165, 1.54) is 12.1 Å². The minimum absolute atomic E-state index is 0.0422. The van der Waals surface area contributed by atoms with Crippen LogP contribution in [0.5, 0.6) is 0 Å². The lowest BCUT2D eigenvalue weighted by molar-refractivity contribution is 0.614. The van der Waals surface area contributed by atoms with Gasteiger partial charge in [0.15, 0.2) is 0 Å².